The highest BCUT2D eigenvalue weighted by molar-refractivity contribution is 5.95. The number of fused-ring (bicyclic) bond motifs is 1. The van der Waals surface area contributed by atoms with E-state index in [0.717, 1.165) is 5.39 Å². The molecular formula is C16H14N4O3. The molecule has 116 valence electrons. The van der Waals surface area contributed by atoms with Gasteiger partial charge >= 0.3 is 6.03 Å². The normalized spacial score (nSPS) is 10.4. The quantitative estimate of drug-likeness (QED) is 0.687. The Kier molecular flexibility index (Phi) is 3.92. The van der Waals surface area contributed by atoms with Crippen LogP contribution in [0, 0.1) is 0 Å². The maximum atomic E-state index is 12.1. The second-order valence-corrected chi connectivity index (χ2v) is 4.92. The minimum absolute atomic E-state index is 0.109. The third kappa shape index (κ3) is 3.46. The van der Waals surface area contributed by atoms with E-state index in [2.05, 4.69) is 15.8 Å². The van der Waals surface area contributed by atoms with Crippen LogP contribution in [0.4, 0.5) is 16.2 Å². The van der Waals surface area contributed by atoms with Gasteiger partial charge in [-0.05, 0) is 36.4 Å². The first-order valence-corrected chi connectivity index (χ1v) is 6.91. The lowest BCUT2D eigenvalue weighted by Crippen LogP contribution is -2.19. The lowest BCUT2D eigenvalue weighted by molar-refractivity contribution is -0.115. The number of amides is 3. The summed E-state index contributed by atoms with van der Waals surface area (Å²) < 4.78 is 5.17. The monoisotopic (exact) mass is 310 g/mol. The van der Waals surface area contributed by atoms with Crippen LogP contribution in [0.2, 0.25) is 0 Å². The maximum absolute atomic E-state index is 12.1. The molecule has 2 aromatic carbocycles. The standard InChI is InChI=1S/C16H14N4O3/c17-16(22)19-11-7-5-10(6-8-11)18-15(21)9-13-12-3-1-2-4-14(12)23-20-13/h1-8H,9H2,(H,18,21)(H3,17,19,22). The number of urea groups is 1. The Labute approximate surface area is 131 Å². The second kappa shape index (κ2) is 6.18. The smallest absolute Gasteiger partial charge is 0.316 e. The summed E-state index contributed by atoms with van der Waals surface area (Å²) in [4.78, 5) is 22.8. The van der Waals surface area contributed by atoms with Crippen LogP contribution in [-0.4, -0.2) is 17.1 Å². The number of nitrogens with two attached hydrogens (primary N) is 1. The van der Waals surface area contributed by atoms with Crippen LogP contribution in [0.25, 0.3) is 11.0 Å². The number of nitrogens with one attached hydrogen (secondary N) is 2. The first-order chi connectivity index (χ1) is 11.1. The zero-order chi connectivity index (χ0) is 16.2. The van der Waals surface area contributed by atoms with Gasteiger partial charge in [0.15, 0.2) is 5.58 Å². The number of rotatable bonds is 4. The lowest BCUT2D eigenvalue weighted by Gasteiger charge is -2.06. The van der Waals surface area contributed by atoms with Crippen molar-refractivity contribution in [3.8, 4) is 0 Å². The van der Waals surface area contributed by atoms with Crippen molar-refractivity contribution >= 4 is 34.3 Å². The number of nitrogens with zero attached hydrogens (tertiary/aromatic N) is 1. The van der Waals surface area contributed by atoms with Crippen molar-refractivity contribution in [3.63, 3.8) is 0 Å². The Balaban J connectivity index is 1.66. The molecule has 3 aromatic rings. The lowest BCUT2D eigenvalue weighted by atomic mass is 10.1. The van der Waals surface area contributed by atoms with E-state index in [1.54, 1.807) is 30.3 Å². The largest absolute Gasteiger partial charge is 0.356 e. The molecule has 1 heterocycles. The molecule has 3 rings (SSSR count). The average molecular weight is 310 g/mol. The van der Waals surface area contributed by atoms with E-state index in [9.17, 15) is 9.59 Å². The van der Waals surface area contributed by atoms with Crippen molar-refractivity contribution in [1.82, 2.24) is 5.16 Å². The molecule has 0 unspecified atom stereocenters. The zero-order valence-electron chi connectivity index (χ0n) is 12.1. The molecule has 3 amide bonds. The van der Waals surface area contributed by atoms with Crippen LogP contribution in [0.15, 0.2) is 53.1 Å². The van der Waals surface area contributed by atoms with Gasteiger partial charge in [0, 0.05) is 16.8 Å². The summed E-state index contributed by atoms with van der Waals surface area (Å²) in [6, 6.07) is 13.4. The molecule has 0 radical (unpaired) electrons. The number of anilines is 2. The van der Waals surface area contributed by atoms with Gasteiger partial charge in [-0.3, -0.25) is 4.79 Å². The molecule has 23 heavy (non-hydrogen) atoms. The minimum Gasteiger partial charge on any atom is -0.356 e. The van der Waals surface area contributed by atoms with Crippen molar-refractivity contribution in [2.45, 2.75) is 6.42 Å². The van der Waals surface area contributed by atoms with Gasteiger partial charge < -0.3 is 20.9 Å². The third-order valence-electron chi connectivity index (χ3n) is 3.22. The molecule has 0 fully saturated rings. The predicted molar refractivity (Wildman–Crippen MR) is 86.0 cm³/mol. The van der Waals surface area contributed by atoms with Gasteiger partial charge in [-0.25, -0.2) is 4.79 Å². The van der Waals surface area contributed by atoms with E-state index in [4.69, 9.17) is 10.3 Å². The molecule has 4 N–H and O–H groups in total. The molecule has 7 nitrogen and oxygen atoms in total. The molecule has 0 saturated carbocycles. The highest BCUT2D eigenvalue weighted by atomic mass is 16.5. The summed E-state index contributed by atoms with van der Waals surface area (Å²) in [5, 5.41) is 9.96. The molecule has 1 aromatic heterocycles. The summed E-state index contributed by atoms with van der Waals surface area (Å²) in [6.45, 7) is 0. The topological polar surface area (TPSA) is 110 Å². The van der Waals surface area contributed by atoms with Gasteiger partial charge in [0.1, 0.15) is 5.69 Å². The SMILES string of the molecule is NC(=O)Nc1ccc(NC(=O)Cc2noc3ccccc23)cc1. The van der Waals surface area contributed by atoms with Crippen molar-refractivity contribution in [3.05, 3.63) is 54.2 Å². The molecule has 0 saturated heterocycles. The number of benzene rings is 2. The summed E-state index contributed by atoms with van der Waals surface area (Å²) in [5.41, 5.74) is 7.43. The molecular weight excluding hydrogens is 296 g/mol. The van der Waals surface area contributed by atoms with E-state index in [1.165, 1.54) is 0 Å². The Bertz CT molecular complexity index is 855. The van der Waals surface area contributed by atoms with Crippen molar-refractivity contribution in [1.29, 1.82) is 0 Å². The molecule has 0 aliphatic rings. The van der Waals surface area contributed by atoms with Crippen LogP contribution < -0.4 is 16.4 Å². The molecule has 7 heteroatoms. The van der Waals surface area contributed by atoms with Gasteiger partial charge in [0.2, 0.25) is 5.91 Å². The fourth-order valence-corrected chi connectivity index (χ4v) is 2.20. The first-order valence-electron chi connectivity index (χ1n) is 6.91. The van der Waals surface area contributed by atoms with E-state index in [-0.39, 0.29) is 12.3 Å². The van der Waals surface area contributed by atoms with Crippen molar-refractivity contribution < 1.29 is 14.1 Å². The fourth-order valence-electron chi connectivity index (χ4n) is 2.20. The number of carbonyl (C=O) groups excluding carboxylic acids is 2. The minimum atomic E-state index is -0.639. The van der Waals surface area contributed by atoms with E-state index < -0.39 is 6.03 Å². The summed E-state index contributed by atoms with van der Waals surface area (Å²) in [7, 11) is 0. The summed E-state index contributed by atoms with van der Waals surface area (Å²) in [6.07, 6.45) is 0.109. The third-order valence-corrected chi connectivity index (χ3v) is 3.22. The predicted octanol–water partition coefficient (Wildman–Crippen LogP) is 2.50. The Hall–Kier alpha value is -3.35. The Morgan fingerprint density at radius 3 is 2.35 bits per heavy atom. The molecule has 0 spiro atoms. The van der Waals surface area contributed by atoms with E-state index in [1.807, 2.05) is 18.2 Å². The number of aromatic nitrogens is 1. The van der Waals surface area contributed by atoms with Gasteiger partial charge in [-0.2, -0.15) is 0 Å². The zero-order valence-corrected chi connectivity index (χ0v) is 12.1. The van der Waals surface area contributed by atoms with Crippen molar-refractivity contribution in [2.75, 3.05) is 10.6 Å². The van der Waals surface area contributed by atoms with E-state index >= 15 is 0 Å². The number of hydrogen-bond donors (Lipinski definition) is 3. The molecule has 0 aliphatic heterocycles. The van der Waals surface area contributed by atoms with Gasteiger partial charge in [0.05, 0.1) is 6.42 Å². The van der Waals surface area contributed by atoms with Crippen LogP contribution in [-0.2, 0) is 11.2 Å². The van der Waals surface area contributed by atoms with Gasteiger partial charge in [0.25, 0.3) is 0 Å². The first kappa shape index (κ1) is 14.6. The number of primary amides is 1. The molecule has 0 bridgehead atoms. The maximum Gasteiger partial charge on any atom is 0.316 e. The fraction of sp³-hybridized carbons (Fsp3) is 0.0625. The number of para-hydroxylation sites is 1. The summed E-state index contributed by atoms with van der Waals surface area (Å²) >= 11 is 0. The highest BCUT2D eigenvalue weighted by Crippen LogP contribution is 2.19. The molecule has 0 aliphatic carbocycles. The average Bonchev–Trinajstić information content (AvgIpc) is 2.92. The van der Waals surface area contributed by atoms with E-state index in [0.29, 0.717) is 22.7 Å². The summed E-state index contributed by atoms with van der Waals surface area (Å²) in [5.74, 6) is -0.209. The van der Waals surface area contributed by atoms with Gasteiger partial charge in [-0.1, -0.05) is 17.3 Å². The highest BCUT2D eigenvalue weighted by Gasteiger charge is 2.12. The van der Waals surface area contributed by atoms with Crippen LogP contribution in [0.5, 0.6) is 0 Å². The Morgan fingerprint density at radius 1 is 1.00 bits per heavy atom. The number of carbonyl (C=O) groups is 2. The van der Waals surface area contributed by atoms with Crippen LogP contribution >= 0.6 is 0 Å². The Morgan fingerprint density at radius 2 is 1.65 bits per heavy atom. The second-order valence-electron chi connectivity index (χ2n) is 4.92. The van der Waals surface area contributed by atoms with Gasteiger partial charge in [-0.15, -0.1) is 0 Å². The molecule has 0 atom stereocenters. The van der Waals surface area contributed by atoms with Crippen LogP contribution in [0.1, 0.15) is 5.69 Å². The van der Waals surface area contributed by atoms with Crippen molar-refractivity contribution in [2.24, 2.45) is 5.73 Å². The van der Waals surface area contributed by atoms with Crippen LogP contribution in [0.3, 0.4) is 0 Å². The number of hydrogen-bond acceptors (Lipinski definition) is 4.